The van der Waals surface area contributed by atoms with Gasteiger partial charge in [-0.25, -0.2) is 0 Å². The lowest BCUT2D eigenvalue weighted by molar-refractivity contribution is 0.0205. The lowest BCUT2D eigenvalue weighted by Gasteiger charge is -2.22. The van der Waals surface area contributed by atoms with Crippen LogP contribution in [0.4, 0.5) is 0 Å². The highest BCUT2D eigenvalue weighted by atomic mass is 127. The molecule has 2 aliphatic heterocycles. The van der Waals surface area contributed by atoms with Gasteiger partial charge >= 0.3 is 0 Å². The molecule has 0 saturated carbocycles. The Kier molecular flexibility index (Phi) is 11.2. The van der Waals surface area contributed by atoms with E-state index in [1.165, 1.54) is 25.7 Å². The Morgan fingerprint density at radius 1 is 1.14 bits per heavy atom. The quantitative estimate of drug-likeness (QED) is 0.308. The summed E-state index contributed by atoms with van der Waals surface area (Å²) in [4.78, 5) is 6.73. The molecule has 0 atom stereocenters. The molecular weight excluding hydrogens is 393 g/mol. The summed E-state index contributed by atoms with van der Waals surface area (Å²) in [5, 5.41) is 0. The second kappa shape index (κ2) is 12.4. The third-order valence-electron chi connectivity index (χ3n) is 4.35. The van der Waals surface area contributed by atoms with Crippen molar-refractivity contribution in [3.8, 4) is 0 Å². The van der Waals surface area contributed by atoms with E-state index in [9.17, 15) is 0 Å². The molecule has 2 aliphatic rings. The highest BCUT2D eigenvalue weighted by Gasteiger charge is 2.13. The summed E-state index contributed by atoms with van der Waals surface area (Å²) >= 11 is 0. The van der Waals surface area contributed by atoms with E-state index in [4.69, 9.17) is 15.2 Å². The first-order chi connectivity index (χ1) is 10.4. The summed E-state index contributed by atoms with van der Waals surface area (Å²) in [6, 6.07) is 0. The first-order valence-corrected chi connectivity index (χ1v) is 8.56. The Morgan fingerprint density at radius 3 is 2.50 bits per heavy atom. The smallest absolute Gasteiger partial charge is 0.191 e. The van der Waals surface area contributed by atoms with Crippen molar-refractivity contribution in [3.05, 3.63) is 0 Å². The summed E-state index contributed by atoms with van der Waals surface area (Å²) in [6.07, 6.45) is 8.36. The molecule has 2 fully saturated rings. The zero-order chi connectivity index (χ0) is 14.8. The molecule has 22 heavy (non-hydrogen) atoms. The highest BCUT2D eigenvalue weighted by molar-refractivity contribution is 14.0. The fourth-order valence-corrected chi connectivity index (χ4v) is 2.92. The molecule has 2 heterocycles. The van der Waals surface area contributed by atoms with Crippen LogP contribution in [0.15, 0.2) is 4.99 Å². The fourth-order valence-electron chi connectivity index (χ4n) is 2.92. The molecular formula is C16H32IN3O2. The van der Waals surface area contributed by atoms with Crippen molar-refractivity contribution in [3.63, 3.8) is 0 Å². The second-order valence-electron chi connectivity index (χ2n) is 6.13. The van der Waals surface area contributed by atoms with Crippen LogP contribution in [0.1, 0.15) is 44.9 Å². The first kappa shape index (κ1) is 20.0. The van der Waals surface area contributed by atoms with Gasteiger partial charge in [-0.2, -0.15) is 0 Å². The van der Waals surface area contributed by atoms with Crippen LogP contribution < -0.4 is 5.73 Å². The van der Waals surface area contributed by atoms with E-state index in [0.29, 0.717) is 5.92 Å². The van der Waals surface area contributed by atoms with Crippen LogP contribution in [-0.4, -0.2) is 56.9 Å². The predicted molar refractivity (Wildman–Crippen MR) is 101 cm³/mol. The summed E-state index contributed by atoms with van der Waals surface area (Å²) in [5.41, 5.74) is 6.07. The molecule has 2 rings (SSSR count). The summed E-state index contributed by atoms with van der Waals surface area (Å²) < 4.78 is 11.1. The molecule has 0 radical (unpaired) electrons. The number of hydrogen-bond donors (Lipinski definition) is 1. The van der Waals surface area contributed by atoms with Gasteiger partial charge in [0.15, 0.2) is 5.96 Å². The van der Waals surface area contributed by atoms with Crippen molar-refractivity contribution in [2.75, 3.05) is 46.1 Å². The van der Waals surface area contributed by atoms with Gasteiger partial charge in [0, 0.05) is 46.1 Å². The van der Waals surface area contributed by atoms with E-state index in [1.807, 2.05) is 0 Å². The lowest BCUT2D eigenvalue weighted by Crippen LogP contribution is -2.38. The summed E-state index contributed by atoms with van der Waals surface area (Å²) in [7, 11) is 0. The van der Waals surface area contributed by atoms with Gasteiger partial charge in [-0.05, 0) is 38.0 Å². The largest absolute Gasteiger partial charge is 0.381 e. The third kappa shape index (κ3) is 7.97. The van der Waals surface area contributed by atoms with Crippen molar-refractivity contribution in [1.29, 1.82) is 0 Å². The molecule has 0 aromatic heterocycles. The van der Waals surface area contributed by atoms with Crippen molar-refractivity contribution < 1.29 is 9.47 Å². The summed E-state index contributed by atoms with van der Waals surface area (Å²) in [5.74, 6) is 1.41. The van der Waals surface area contributed by atoms with Gasteiger partial charge in [-0.3, -0.25) is 4.99 Å². The predicted octanol–water partition coefficient (Wildman–Crippen LogP) is 2.63. The van der Waals surface area contributed by atoms with E-state index in [2.05, 4.69) is 9.89 Å². The molecule has 0 spiro atoms. The number of rotatable bonds is 6. The number of likely N-dealkylation sites (tertiary alicyclic amines) is 1. The lowest BCUT2D eigenvalue weighted by atomic mass is 10.0. The van der Waals surface area contributed by atoms with E-state index >= 15 is 0 Å². The molecule has 0 aromatic carbocycles. The van der Waals surface area contributed by atoms with Crippen molar-refractivity contribution in [2.24, 2.45) is 16.6 Å². The molecule has 0 amide bonds. The number of hydrogen-bond acceptors (Lipinski definition) is 3. The summed E-state index contributed by atoms with van der Waals surface area (Å²) in [6.45, 7) is 6.35. The number of aliphatic imine (C=N–C) groups is 1. The van der Waals surface area contributed by atoms with Crippen molar-refractivity contribution >= 4 is 29.9 Å². The van der Waals surface area contributed by atoms with Gasteiger partial charge in [0.05, 0.1) is 0 Å². The van der Waals surface area contributed by atoms with Crippen LogP contribution in [-0.2, 0) is 9.47 Å². The third-order valence-corrected chi connectivity index (χ3v) is 4.35. The number of nitrogens with zero attached hydrogens (tertiary/aromatic N) is 2. The molecule has 0 bridgehead atoms. The van der Waals surface area contributed by atoms with Gasteiger partial charge < -0.3 is 20.1 Å². The Bertz CT molecular complexity index is 302. The Morgan fingerprint density at radius 2 is 1.82 bits per heavy atom. The molecule has 5 nitrogen and oxygen atoms in total. The van der Waals surface area contributed by atoms with Crippen LogP contribution in [0, 0.1) is 5.92 Å². The zero-order valence-corrected chi connectivity index (χ0v) is 16.0. The monoisotopic (exact) mass is 425 g/mol. The fraction of sp³-hybridized carbons (Fsp3) is 0.938. The van der Waals surface area contributed by atoms with Crippen LogP contribution in [0.5, 0.6) is 0 Å². The molecule has 2 N–H and O–H groups in total. The van der Waals surface area contributed by atoms with Crippen molar-refractivity contribution in [2.45, 2.75) is 44.9 Å². The standard InChI is InChI=1S/C16H31N3O2.HI/c17-16(19-9-3-1-2-4-10-19)18-8-5-11-21-14-15-6-12-20-13-7-15;/h15H,1-14H2,(H2,17,18);1H. The van der Waals surface area contributed by atoms with E-state index in [1.54, 1.807) is 0 Å². The van der Waals surface area contributed by atoms with E-state index in [-0.39, 0.29) is 24.0 Å². The van der Waals surface area contributed by atoms with Crippen LogP contribution >= 0.6 is 24.0 Å². The normalized spacial score (nSPS) is 21.3. The molecule has 6 heteroatoms. The molecule has 130 valence electrons. The average Bonchev–Trinajstić information content (AvgIpc) is 2.81. The number of nitrogens with two attached hydrogens (primary N) is 1. The Hall–Kier alpha value is -0.0800. The number of halogens is 1. The average molecular weight is 425 g/mol. The second-order valence-corrected chi connectivity index (χ2v) is 6.13. The minimum absolute atomic E-state index is 0. The van der Waals surface area contributed by atoms with Crippen LogP contribution in [0.25, 0.3) is 0 Å². The molecule has 2 saturated heterocycles. The minimum Gasteiger partial charge on any atom is -0.381 e. The number of guanidine groups is 1. The first-order valence-electron chi connectivity index (χ1n) is 8.56. The van der Waals surface area contributed by atoms with Gasteiger partial charge in [0.1, 0.15) is 0 Å². The van der Waals surface area contributed by atoms with Crippen LogP contribution in [0.2, 0.25) is 0 Å². The molecule has 0 aliphatic carbocycles. The van der Waals surface area contributed by atoms with Crippen molar-refractivity contribution in [1.82, 2.24) is 4.90 Å². The van der Waals surface area contributed by atoms with Gasteiger partial charge in [0.2, 0.25) is 0 Å². The van der Waals surface area contributed by atoms with Gasteiger partial charge in [0.25, 0.3) is 0 Å². The Labute approximate surface area is 152 Å². The SMILES string of the molecule is I.NC(=NCCCOCC1CCOCC1)N1CCCCCC1. The van der Waals surface area contributed by atoms with E-state index in [0.717, 1.165) is 71.3 Å². The highest BCUT2D eigenvalue weighted by Crippen LogP contribution is 2.14. The zero-order valence-electron chi connectivity index (χ0n) is 13.7. The number of ether oxygens (including phenoxy) is 2. The molecule has 0 aromatic rings. The van der Waals surface area contributed by atoms with Crippen LogP contribution in [0.3, 0.4) is 0 Å². The Balaban J connectivity index is 0.00000242. The van der Waals surface area contributed by atoms with Gasteiger partial charge in [-0.15, -0.1) is 24.0 Å². The topological polar surface area (TPSA) is 60.1 Å². The maximum absolute atomic E-state index is 6.07. The minimum atomic E-state index is 0. The molecule has 0 unspecified atom stereocenters. The van der Waals surface area contributed by atoms with Gasteiger partial charge in [-0.1, -0.05) is 12.8 Å². The maximum atomic E-state index is 6.07. The maximum Gasteiger partial charge on any atom is 0.191 e. The van der Waals surface area contributed by atoms with E-state index < -0.39 is 0 Å².